The van der Waals surface area contributed by atoms with Gasteiger partial charge in [0.25, 0.3) is 0 Å². The number of benzene rings is 3. The summed E-state index contributed by atoms with van der Waals surface area (Å²) in [6.45, 7) is 4.46. The van der Waals surface area contributed by atoms with Gasteiger partial charge in [0.2, 0.25) is 5.13 Å². The lowest BCUT2D eigenvalue weighted by molar-refractivity contribution is -0.149. The van der Waals surface area contributed by atoms with Gasteiger partial charge in [-0.25, -0.2) is 14.8 Å². The van der Waals surface area contributed by atoms with E-state index in [0.717, 1.165) is 67.7 Å². The van der Waals surface area contributed by atoms with Crippen molar-refractivity contribution in [3.05, 3.63) is 84.9 Å². The monoisotopic (exact) mass is 965 g/mol. The molecule has 0 spiro atoms. The highest BCUT2D eigenvalue weighted by Crippen LogP contribution is 2.35. The number of aromatic nitrogens is 1. The van der Waals surface area contributed by atoms with Gasteiger partial charge in [0.15, 0.2) is 0 Å². The van der Waals surface area contributed by atoms with E-state index in [1.54, 1.807) is 53.7 Å². The molecule has 0 aliphatic heterocycles. The molecule has 15 nitrogen and oxygen atoms in total. The van der Waals surface area contributed by atoms with Crippen LogP contribution in [0.15, 0.2) is 84.5 Å². The zero-order valence-electron chi connectivity index (χ0n) is 39.4. The maximum absolute atomic E-state index is 13.6. The molecule has 0 amide bonds. The number of nitrogens with zero attached hydrogens (tertiary/aromatic N) is 3. The smallest absolute Gasteiger partial charge is 0.330 e. The van der Waals surface area contributed by atoms with E-state index in [1.165, 1.54) is 24.9 Å². The summed E-state index contributed by atoms with van der Waals surface area (Å²) in [6.07, 6.45) is 15.6. The van der Waals surface area contributed by atoms with E-state index < -0.39 is 29.7 Å². The summed E-state index contributed by atoms with van der Waals surface area (Å²) in [5.41, 5.74) is 1.25. The van der Waals surface area contributed by atoms with Crippen molar-refractivity contribution in [2.24, 2.45) is 28.8 Å². The van der Waals surface area contributed by atoms with Crippen molar-refractivity contribution in [3.8, 4) is 23.0 Å². The van der Waals surface area contributed by atoms with Crippen molar-refractivity contribution in [2.75, 3.05) is 32.1 Å². The van der Waals surface area contributed by atoms with Gasteiger partial charge >= 0.3 is 29.8 Å². The number of para-hydroxylation sites is 1. The van der Waals surface area contributed by atoms with E-state index in [0.29, 0.717) is 86.8 Å². The predicted octanol–water partition coefficient (Wildman–Crippen LogP) is 10.3. The first-order chi connectivity index (χ1) is 33.6. The largest absolute Gasteiger partial charge is 0.494 e. The molecule has 368 valence electrons. The van der Waals surface area contributed by atoms with E-state index >= 15 is 0 Å². The van der Waals surface area contributed by atoms with Crippen molar-refractivity contribution in [1.29, 1.82) is 0 Å². The molecule has 16 heteroatoms. The third-order valence-electron chi connectivity index (χ3n) is 13.0. The SMILES string of the molecule is C=CC(=O)OCCCCCCOc1ccc(OC(=O)[C@H]2CC[C@H](C(=O)Oc3ccc(OC(=O)[C@H]4CC[C@H](C(=O)OC)CC4)c(/C=N/N(COC4CCCCC4)c4nc5ccccc5s4)c3)CC2)cc1. The van der Waals surface area contributed by atoms with Crippen LogP contribution in [0, 0.1) is 23.7 Å². The van der Waals surface area contributed by atoms with E-state index in [9.17, 15) is 24.0 Å². The summed E-state index contributed by atoms with van der Waals surface area (Å²) < 4.78 is 40.8. The first-order valence-electron chi connectivity index (χ1n) is 24.3. The molecule has 0 N–H and O–H groups in total. The zero-order valence-corrected chi connectivity index (χ0v) is 40.2. The highest BCUT2D eigenvalue weighted by Gasteiger charge is 2.34. The predicted molar refractivity (Wildman–Crippen MR) is 260 cm³/mol. The van der Waals surface area contributed by atoms with Crippen LogP contribution in [0.1, 0.15) is 115 Å². The minimum Gasteiger partial charge on any atom is -0.494 e. The average molecular weight is 966 g/mol. The second-order valence-electron chi connectivity index (χ2n) is 17.9. The Morgan fingerprint density at radius 2 is 1.26 bits per heavy atom. The number of hydrogen-bond acceptors (Lipinski definition) is 16. The van der Waals surface area contributed by atoms with Crippen LogP contribution in [0.4, 0.5) is 5.13 Å². The van der Waals surface area contributed by atoms with Crippen LogP contribution in [-0.4, -0.2) is 74.2 Å². The number of rotatable bonds is 22. The number of thiazole rings is 1. The van der Waals surface area contributed by atoms with Gasteiger partial charge in [0.1, 0.15) is 29.7 Å². The Labute approximate surface area is 407 Å². The molecule has 0 radical (unpaired) electrons. The van der Waals surface area contributed by atoms with Gasteiger partial charge in [-0.05, 0) is 144 Å². The van der Waals surface area contributed by atoms with Gasteiger partial charge in [0.05, 0.1) is 66.5 Å². The summed E-state index contributed by atoms with van der Waals surface area (Å²) in [6, 6.07) is 19.6. The molecule has 3 aromatic carbocycles. The van der Waals surface area contributed by atoms with Crippen LogP contribution < -0.4 is 24.0 Å². The van der Waals surface area contributed by atoms with E-state index in [1.807, 2.05) is 24.3 Å². The Kier molecular flexibility index (Phi) is 19.1. The standard InChI is InChI=1S/C53H63N3O12S/c1-3-48(57)64-32-12-5-4-11-31-63-42-25-27-43(28-26-42)66-50(59)37-21-23-38(24-22-37)51(60)67-44-29-30-46(68-52(61)39-19-17-36(18-20-39)49(58)62-2)40(33-44)34-54-56(35-65-41-13-7-6-8-14-41)53-55-45-15-9-10-16-47(45)69-53/h3,9-10,15-16,25-30,33-34,36-39,41H,1,4-8,11-14,17-24,31-32,35H2,2H3/b54-34+/t36-,37-,38-,39-. The molecule has 1 heterocycles. The van der Waals surface area contributed by atoms with Crippen molar-refractivity contribution >= 4 is 62.7 Å². The number of carbonyl (C=O) groups excluding carboxylic acids is 5. The van der Waals surface area contributed by atoms with Crippen LogP contribution in [-0.2, 0) is 38.2 Å². The van der Waals surface area contributed by atoms with Gasteiger partial charge < -0.3 is 33.2 Å². The second-order valence-corrected chi connectivity index (χ2v) is 18.9. The fourth-order valence-electron chi connectivity index (χ4n) is 8.90. The summed E-state index contributed by atoms with van der Waals surface area (Å²) in [5, 5.41) is 7.19. The lowest BCUT2D eigenvalue weighted by Gasteiger charge is -2.26. The summed E-state index contributed by atoms with van der Waals surface area (Å²) in [5.74, 6) is -1.69. The molecule has 0 atom stereocenters. The van der Waals surface area contributed by atoms with Crippen molar-refractivity contribution < 1.29 is 57.1 Å². The molecule has 3 saturated carbocycles. The third-order valence-corrected chi connectivity index (χ3v) is 14.0. The number of anilines is 1. The molecule has 3 fully saturated rings. The number of unbranched alkanes of at least 4 members (excludes halogenated alkanes) is 3. The Balaban J connectivity index is 0.954. The van der Waals surface area contributed by atoms with E-state index in [4.69, 9.17) is 43.2 Å². The fourth-order valence-corrected chi connectivity index (χ4v) is 9.81. The van der Waals surface area contributed by atoms with E-state index in [2.05, 4.69) is 6.58 Å². The number of hydrogen-bond donors (Lipinski definition) is 0. The number of esters is 5. The Morgan fingerprint density at radius 3 is 1.90 bits per heavy atom. The van der Waals surface area contributed by atoms with Gasteiger partial charge in [-0.15, -0.1) is 0 Å². The summed E-state index contributed by atoms with van der Waals surface area (Å²) in [7, 11) is 1.37. The molecule has 3 aliphatic rings. The van der Waals surface area contributed by atoms with E-state index in [-0.39, 0.29) is 48.1 Å². The Bertz CT molecular complexity index is 2350. The highest BCUT2D eigenvalue weighted by molar-refractivity contribution is 7.22. The van der Waals surface area contributed by atoms with Gasteiger partial charge in [0, 0.05) is 11.6 Å². The molecule has 3 aliphatic carbocycles. The average Bonchev–Trinajstić information content (AvgIpc) is 3.82. The lowest BCUT2D eigenvalue weighted by atomic mass is 9.82. The zero-order chi connectivity index (χ0) is 48.4. The number of ether oxygens (including phenoxy) is 7. The molecule has 1 aromatic heterocycles. The number of hydrazone groups is 1. The lowest BCUT2D eigenvalue weighted by Crippen LogP contribution is -2.30. The summed E-state index contributed by atoms with van der Waals surface area (Å²) >= 11 is 1.49. The van der Waals surface area contributed by atoms with Crippen LogP contribution >= 0.6 is 11.3 Å². The first kappa shape index (κ1) is 50.7. The number of carbonyl (C=O) groups is 5. The van der Waals surface area contributed by atoms with Gasteiger partial charge in [-0.1, -0.05) is 49.3 Å². The maximum Gasteiger partial charge on any atom is 0.330 e. The van der Waals surface area contributed by atoms with Crippen LogP contribution in [0.2, 0.25) is 0 Å². The molecule has 0 saturated heterocycles. The normalized spacial score (nSPS) is 19.6. The van der Waals surface area contributed by atoms with Crippen LogP contribution in [0.3, 0.4) is 0 Å². The molecule has 7 rings (SSSR count). The molecule has 0 unspecified atom stereocenters. The van der Waals surface area contributed by atoms with Crippen molar-refractivity contribution in [1.82, 2.24) is 4.98 Å². The maximum atomic E-state index is 13.6. The van der Waals surface area contributed by atoms with Crippen molar-refractivity contribution in [2.45, 2.75) is 115 Å². The molecular weight excluding hydrogens is 903 g/mol. The van der Waals surface area contributed by atoms with Crippen LogP contribution in [0.5, 0.6) is 23.0 Å². The van der Waals surface area contributed by atoms with Gasteiger partial charge in [-0.2, -0.15) is 5.10 Å². The molecule has 69 heavy (non-hydrogen) atoms. The third kappa shape index (κ3) is 15.2. The van der Waals surface area contributed by atoms with Crippen molar-refractivity contribution in [3.63, 3.8) is 0 Å². The van der Waals surface area contributed by atoms with Gasteiger partial charge in [-0.3, -0.25) is 19.2 Å². The number of fused-ring (bicyclic) bond motifs is 1. The molecule has 4 aromatic rings. The fraction of sp³-hybridized carbons (Fsp3) is 0.491. The van der Waals surface area contributed by atoms with Crippen LogP contribution in [0.25, 0.3) is 10.2 Å². The minimum absolute atomic E-state index is 0.112. The Hall–Kier alpha value is -6.13. The summed E-state index contributed by atoms with van der Waals surface area (Å²) in [4.78, 5) is 68.5. The molecule has 0 bridgehead atoms. The minimum atomic E-state index is -0.429. The Morgan fingerprint density at radius 1 is 0.681 bits per heavy atom. The quantitative estimate of drug-likeness (QED) is 0.0138. The number of methoxy groups -OCH3 is 1. The highest BCUT2D eigenvalue weighted by atomic mass is 32.1. The molecular formula is C53H63N3O12S. The second kappa shape index (κ2) is 26.0. The topological polar surface area (TPSA) is 178 Å². The first-order valence-corrected chi connectivity index (χ1v) is 25.1.